The van der Waals surface area contributed by atoms with E-state index in [-0.39, 0.29) is 0 Å². The van der Waals surface area contributed by atoms with Gasteiger partial charge < -0.3 is 9.67 Å². The minimum atomic E-state index is -1.87. The fraction of sp³-hybridized carbons (Fsp3) is 0.172. The molecule has 0 atom stereocenters. The molecular formula is C29H29N3O2. The monoisotopic (exact) mass is 451 g/mol. The van der Waals surface area contributed by atoms with Crippen LogP contribution in [0.2, 0.25) is 0 Å². The normalized spacial score (nSPS) is 11.7. The fourth-order valence-electron chi connectivity index (χ4n) is 4.42. The van der Waals surface area contributed by atoms with Crippen molar-refractivity contribution in [3.63, 3.8) is 0 Å². The first-order valence-corrected chi connectivity index (χ1v) is 11.2. The molecule has 1 aromatic heterocycles. The quantitative estimate of drug-likeness (QED) is 0.316. The molecule has 0 unspecified atom stereocenters. The summed E-state index contributed by atoms with van der Waals surface area (Å²) in [7, 11) is 0. The van der Waals surface area contributed by atoms with Crippen molar-refractivity contribution < 1.29 is 9.90 Å². The van der Waals surface area contributed by atoms with Crippen LogP contribution in [0.15, 0.2) is 90.0 Å². The predicted octanol–water partition coefficient (Wildman–Crippen LogP) is 5.10. The minimum absolute atomic E-state index is 0.474. The van der Waals surface area contributed by atoms with Gasteiger partial charge in [0, 0.05) is 22.6 Å². The zero-order chi connectivity index (χ0) is 24.3. The number of aryl methyl sites for hydroxylation is 3. The molecule has 5 nitrogen and oxygen atoms in total. The number of hydrogen-bond acceptors (Lipinski definition) is 3. The maximum atomic E-state index is 13.2. The molecule has 3 aromatic carbocycles. The zero-order valence-electron chi connectivity index (χ0n) is 19.9. The molecule has 0 spiro atoms. The number of hydrogen-bond donors (Lipinski definition) is 2. The summed E-state index contributed by atoms with van der Waals surface area (Å²) >= 11 is 0. The van der Waals surface area contributed by atoms with E-state index in [0.717, 1.165) is 22.6 Å². The van der Waals surface area contributed by atoms with E-state index in [2.05, 4.69) is 47.1 Å². The van der Waals surface area contributed by atoms with Crippen LogP contribution >= 0.6 is 0 Å². The van der Waals surface area contributed by atoms with Crippen LogP contribution in [0.1, 0.15) is 39.2 Å². The molecule has 4 rings (SSSR count). The molecule has 0 saturated carbocycles. The summed E-state index contributed by atoms with van der Waals surface area (Å²) in [6.45, 7) is 8.24. The van der Waals surface area contributed by atoms with E-state index in [1.807, 2.05) is 32.0 Å². The Labute approximate surface area is 200 Å². The molecule has 0 radical (unpaired) electrons. The van der Waals surface area contributed by atoms with Crippen LogP contribution in [0.25, 0.3) is 5.69 Å². The van der Waals surface area contributed by atoms with E-state index < -0.39 is 11.5 Å². The minimum Gasteiger partial charge on any atom is -0.372 e. The molecule has 0 bridgehead atoms. The molecule has 1 amide bonds. The highest BCUT2D eigenvalue weighted by Gasteiger charge is 2.39. The van der Waals surface area contributed by atoms with E-state index in [1.165, 1.54) is 11.1 Å². The maximum absolute atomic E-state index is 13.2. The topological polar surface area (TPSA) is 66.6 Å². The SMILES string of the molecule is Cc1cc(C)cc(-n2c(C)cc(/C=N\NC(=O)C(O)(c3ccccc3)c3ccccc3)c2C)c1. The van der Waals surface area contributed by atoms with Crippen molar-refractivity contribution in [1.82, 2.24) is 9.99 Å². The second-order valence-electron chi connectivity index (χ2n) is 8.65. The van der Waals surface area contributed by atoms with Crippen molar-refractivity contribution in [1.29, 1.82) is 0 Å². The Hall–Kier alpha value is -3.96. The molecule has 0 aliphatic carbocycles. The highest BCUT2D eigenvalue weighted by Crippen LogP contribution is 2.30. The van der Waals surface area contributed by atoms with Gasteiger partial charge in [-0.1, -0.05) is 66.7 Å². The Morgan fingerprint density at radius 1 is 0.853 bits per heavy atom. The average molecular weight is 452 g/mol. The van der Waals surface area contributed by atoms with E-state index in [9.17, 15) is 9.90 Å². The molecule has 4 aromatic rings. The van der Waals surface area contributed by atoms with Gasteiger partial charge in [0.05, 0.1) is 6.21 Å². The number of carbonyl (C=O) groups is 1. The van der Waals surface area contributed by atoms with Gasteiger partial charge >= 0.3 is 0 Å². The molecule has 1 heterocycles. The Morgan fingerprint density at radius 3 is 1.91 bits per heavy atom. The third kappa shape index (κ3) is 4.43. The number of aliphatic hydroxyl groups is 1. The smallest absolute Gasteiger partial charge is 0.281 e. The summed E-state index contributed by atoms with van der Waals surface area (Å²) in [6, 6.07) is 26.3. The largest absolute Gasteiger partial charge is 0.372 e. The maximum Gasteiger partial charge on any atom is 0.281 e. The second kappa shape index (κ2) is 9.49. The van der Waals surface area contributed by atoms with Gasteiger partial charge in [0.2, 0.25) is 0 Å². The van der Waals surface area contributed by atoms with Crippen LogP contribution in [0, 0.1) is 27.7 Å². The van der Waals surface area contributed by atoms with Crippen LogP contribution < -0.4 is 5.43 Å². The standard InChI is InChI=1S/C29H29N3O2/c1-20-15-21(2)17-27(16-20)32-22(3)18-24(23(32)4)19-30-31-28(33)29(34,25-11-7-5-8-12-25)26-13-9-6-10-14-26/h5-19,34H,1-4H3,(H,31,33)/b30-19-. The lowest BCUT2D eigenvalue weighted by atomic mass is 9.85. The first kappa shape index (κ1) is 23.2. The highest BCUT2D eigenvalue weighted by molar-refractivity contribution is 5.91. The Kier molecular flexibility index (Phi) is 6.48. The summed E-state index contributed by atoms with van der Waals surface area (Å²) in [5, 5.41) is 15.7. The van der Waals surface area contributed by atoms with Gasteiger partial charge in [-0.2, -0.15) is 5.10 Å². The van der Waals surface area contributed by atoms with Crippen molar-refractivity contribution in [3.05, 3.63) is 124 Å². The van der Waals surface area contributed by atoms with Crippen LogP contribution in [-0.4, -0.2) is 21.8 Å². The van der Waals surface area contributed by atoms with Gasteiger partial charge in [-0.05, 0) is 68.1 Å². The third-order valence-corrected chi connectivity index (χ3v) is 6.02. The number of nitrogens with zero attached hydrogens (tertiary/aromatic N) is 2. The Morgan fingerprint density at radius 2 is 1.38 bits per heavy atom. The number of rotatable bonds is 6. The van der Waals surface area contributed by atoms with Crippen LogP contribution in [0.3, 0.4) is 0 Å². The van der Waals surface area contributed by atoms with Crippen LogP contribution in [0.5, 0.6) is 0 Å². The van der Waals surface area contributed by atoms with Crippen molar-refractivity contribution >= 4 is 12.1 Å². The average Bonchev–Trinajstić information content (AvgIpc) is 3.11. The number of carbonyl (C=O) groups excluding carboxylic acids is 1. The number of nitrogens with one attached hydrogen (secondary N) is 1. The van der Waals surface area contributed by atoms with E-state index in [4.69, 9.17) is 0 Å². The lowest BCUT2D eigenvalue weighted by molar-refractivity contribution is -0.136. The molecule has 34 heavy (non-hydrogen) atoms. The first-order valence-electron chi connectivity index (χ1n) is 11.2. The predicted molar refractivity (Wildman–Crippen MR) is 136 cm³/mol. The van der Waals surface area contributed by atoms with Crippen LogP contribution in [-0.2, 0) is 10.4 Å². The molecule has 0 aliphatic heterocycles. The van der Waals surface area contributed by atoms with Crippen LogP contribution in [0.4, 0.5) is 0 Å². The molecule has 0 fully saturated rings. The van der Waals surface area contributed by atoms with Crippen molar-refractivity contribution in [2.24, 2.45) is 5.10 Å². The summed E-state index contributed by atoms with van der Waals surface area (Å²) in [4.78, 5) is 13.2. The summed E-state index contributed by atoms with van der Waals surface area (Å²) in [5.41, 5.74) is 8.11. The number of hydrazone groups is 1. The van der Waals surface area contributed by atoms with Gasteiger partial charge in [-0.25, -0.2) is 5.43 Å². The van der Waals surface area contributed by atoms with Gasteiger partial charge in [0.1, 0.15) is 0 Å². The zero-order valence-corrected chi connectivity index (χ0v) is 19.9. The van der Waals surface area contributed by atoms with Gasteiger partial charge in [0.15, 0.2) is 5.60 Å². The molecule has 0 aliphatic rings. The fourth-order valence-corrected chi connectivity index (χ4v) is 4.42. The first-order chi connectivity index (χ1) is 16.3. The lowest BCUT2D eigenvalue weighted by Gasteiger charge is -2.27. The molecule has 0 saturated heterocycles. The van der Waals surface area contributed by atoms with E-state index in [1.54, 1.807) is 54.7 Å². The third-order valence-electron chi connectivity index (χ3n) is 6.02. The van der Waals surface area contributed by atoms with E-state index in [0.29, 0.717) is 11.1 Å². The van der Waals surface area contributed by atoms with Gasteiger partial charge in [-0.3, -0.25) is 4.79 Å². The number of benzene rings is 3. The van der Waals surface area contributed by atoms with Crippen molar-refractivity contribution in [2.75, 3.05) is 0 Å². The highest BCUT2D eigenvalue weighted by atomic mass is 16.3. The molecule has 2 N–H and O–H groups in total. The Balaban J connectivity index is 1.62. The second-order valence-corrected chi connectivity index (χ2v) is 8.65. The number of amides is 1. The van der Waals surface area contributed by atoms with Crippen molar-refractivity contribution in [2.45, 2.75) is 33.3 Å². The molecule has 172 valence electrons. The Bertz CT molecular complexity index is 1280. The molecular weight excluding hydrogens is 422 g/mol. The van der Waals surface area contributed by atoms with Gasteiger partial charge in [-0.15, -0.1) is 0 Å². The molecule has 5 heteroatoms. The number of aromatic nitrogens is 1. The van der Waals surface area contributed by atoms with Crippen molar-refractivity contribution in [3.8, 4) is 5.69 Å². The summed E-state index contributed by atoms with van der Waals surface area (Å²) < 4.78 is 2.17. The summed E-state index contributed by atoms with van der Waals surface area (Å²) in [5.74, 6) is -0.621. The lowest BCUT2D eigenvalue weighted by Crippen LogP contribution is -2.43. The van der Waals surface area contributed by atoms with Gasteiger partial charge in [0.25, 0.3) is 5.91 Å². The van der Waals surface area contributed by atoms with E-state index >= 15 is 0 Å². The summed E-state index contributed by atoms with van der Waals surface area (Å²) in [6.07, 6.45) is 1.62.